The van der Waals surface area contributed by atoms with Crippen molar-refractivity contribution in [1.29, 1.82) is 0 Å². The SMILES string of the molecule is c1ccc(-c2nc(-c3cccc4ccccc34)nc(-c3cccc4oc5ccc6c(-n7c8cc9ccccc9cc8c8cc9ccccc9cc87)cccc6c5c34)n2)cc1. The fraction of sp³-hybridized carbons (Fsp3) is 0. The van der Waals surface area contributed by atoms with Crippen LogP contribution >= 0.6 is 0 Å². The Kier molecular flexibility index (Phi) is 6.95. The Labute approximate surface area is 343 Å². The van der Waals surface area contributed by atoms with E-state index in [0.717, 1.165) is 65.9 Å². The van der Waals surface area contributed by atoms with Gasteiger partial charge in [-0.25, -0.2) is 15.0 Å². The van der Waals surface area contributed by atoms with Crippen molar-refractivity contribution in [1.82, 2.24) is 19.5 Å². The van der Waals surface area contributed by atoms with Gasteiger partial charge in [0.25, 0.3) is 0 Å². The predicted molar refractivity (Wildman–Crippen MR) is 248 cm³/mol. The third kappa shape index (κ3) is 4.90. The molecule has 0 atom stereocenters. The molecule has 0 aliphatic heterocycles. The fourth-order valence-corrected chi connectivity index (χ4v) is 9.44. The molecule has 0 aliphatic rings. The molecule has 13 aromatic rings. The highest BCUT2D eigenvalue weighted by Crippen LogP contribution is 2.44. The summed E-state index contributed by atoms with van der Waals surface area (Å²) in [4.78, 5) is 15.6. The number of hydrogen-bond acceptors (Lipinski definition) is 4. The van der Waals surface area contributed by atoms with Crippen LogP contribution in [0.25, 0.3) is 127 Å². The summed E-state index contributed by atoms with van der Waals surface area (Å²) < 4.78 is 9.15. The van der Waals surface area contributed by atoms with Crippen LogP contribution in [0.2, 0.25) is 0 Å². The van der Waals surface area contributed by atoms with Crippen LogP contribution in [0, 0.1) is 0 Å². The minimum Gasteiger partial charge on any atom is -0.456 e. The molecule has 0 saturated carbocycles. The number of aromatic nitrogens is 4. The highest BCUT2D eigenvalue weighted by atomic mass is 16.3. The summed E-state index contributed by atoms with van der Waals surface area (Å²) in [6.45, 7) is 0. The van der Waals surface area contributed by atoms with E-state index < -0.39 is 0 Å². The van der Waals surface area contributed by atoms with E-state index >= 15 is 0 Å². The van der Waals surface area contributed by atoms with E-state index in [-0.39, 0.29) is 0 Å². The first-order chi connectivity index (χ1) is 29.7. The zero-order valence-electron chi connectivity index (χ0n) is 32.2. The maximum atomic E-state index is 6.70. The van der Waals surface area contributed by atoms with Crippen LogP contribution < -0.4 is 0 Å². The van der Waals surface area contributed by atoms with Gasteiger partial charge in [-0.3, -0.25) is 0 Å². The Morgan fingerprint density at radius 1 is 0.333 bits per heavy atom. The first kappa shape index (κ1) is 32.9. The molecule has 60 heavy (non-hydrogen) atoms. The van der Waals surface area contributed by atoms with Crippen LogP contribution in [-0.2, 0) is 0 Å². The molecule has 278 valence electrons. The maximum Gasteiger partial charge on any atom is 0.164 e. The fourth-order valence-electron chi connectivity index (χ4n) is 9.44. The summed E-state index contributed by atoms with van der Waals surface area (Å²) in [6, 6.07) is 68.7. The van der Waals surface area contributed by atoms with Crippen LogP contribution in [0.15, 0.2) is 199 Å². The number of furan rings is 1. The lowest BCUT2D eigenvalue weighted by Crippen LogP contribution is -2.00. The zero-order chi connectivity index (χ0) is 39.3. The lowest BCUT2D eigenvalue weighted by molar-refractivity contribution is 0.669. The van der Waals surface area contributed by atoms with Gasteiger partial charge in [-0.1, -0.05) is 146 Å². The van der Waals surface area contributed by atoms with Gasteiger partial charge in [0.1, 0.15) is 11.2 Å². The molecule has 3 aromatic heterocycles. The highest BCUT2D eigenvalue weighted by Gasteiger charge is 2.22. The van der Waals surface area contributed by atoms with E-state index in [1.54, 1.807) is 0 Å². The molecule has 0 aliphatic carbocycles. The van der Waals surface area contributed by atoms with Gasteiger partial charge < -0.3 is 8.98 Å². The average molecular weight is 765 g/mol. The van der Waals surface area contributed by atoms with E-state index in [9.17, 15) is 0 Å². The lowest BCUT2D eigenvalue weighted by atomic mass is 9.99. The van der Waals surface area contributed by atoms with Crippen molar-refractivity contribution < 1.29 is 4.42 Å². The number of benzene rings is 10. The second kappa shape index (κ2) is 12.7. The molecular formula is C55H32N4O. The van der Waals surface area contributed by atoms with Crippen molar-refractivity contribution in [3.05, 3.63) is 194 Å². The Morgan fingerprint density at radius 2 is 0.867 bits per heavy atom. The molecule has 0 unspecified atom stereocenters. The molecule has 0 N–H and O–H groups in total. The van der Waals surface area contributed by atoms with Gasteiger partial charge in [0.05, 0.1) is 16.7 Å². The summed E-state index contributed by atoms with van der Waals surface area (Å²) >= 11 is 0. The molecule has 0 fully saturated rings. The van der Waals surface area contributed by atoms with Gasteiger partial charge in [-0.2, -0.15) is 0 Å². The molecule has 5 nitrogen and oxygen atoms in total. The van der Waals surface area contributed by atoms with Gasteiger partial charge in [0.2, 0.25) is 0 Å². The van der Waals surface area contributed by atoms with Crippen molar-refractivity contribution >= 4 is 86.8 Å². The molecule has 0 bridgehead atoms. The molecule has 10 aromatic carbocycles. The predicted octanol–water partition coefficient (Wildman–Crippen LogP) is 14.5. The molecule has 0 saturated heterocycles. The van der Waals surface area contributed by atoms with Crippen molar-refractivity contribution in [2.75, 3.05) is 0 Å². The first-order valence-corrected chi connectivity index (χ1v) is 20.3. The van der Waals surface area contributed by atoms with Crippen LogP contribution in [0.3, 0.4) is 0 Å². The second-order valence-electron chi connectivity index (χ2n) is 15.6. The third-order valence-corrected chi connectivity index (χ3v) is 12.2. The standard InChI is InChI=1S/C55H32N4O/c1-2-14-34(15-3-1)53-56-54(42-23-10-20-33-13-8-9-21-39(33)42)58-55(57-53)43-24-12-26-49-52(43)51-41-22-11-25-46(40(41)27-28-50(51)60-49)59-47-31-37-18-6-4-16-35(37)29-44(47)45-30-36-17-5-7-19-38(36)32-48(45)59/h1-32H. The summed E-state index contributed by atoms with van der Waals surface area (Å²) in [5, 5.41) is 13.8. The Morgan fingerprint density at radius 3 is 1.60 bits per heavy atom. The second-order valence-corrected chi connectivity index (χ2v) is 15.6. The van der Waals surface area contributed by atoms with Gasteiger partial charge in [-0.15, -0.1) is 0 Å². The summed E-state index contributed by atoms with van der Waals surface area (Å²) in [6.07, 6.45) is 0. The summed E-state index contributed by atoms with van der Waals surface area (Å²) in [7, 11) is 0. The molecule has 5 heteroatoms. The minimum absolute atomic E-state index is 0.592. The van der Waals surface area contributed by atoms with Gasteiger partial charge in [-0.05, 0) is 86.2 Å². The molecule has 0 amide bonds. The van der Waals surface area contributed by atoms with E-state index in [4.69, 9.17) is 19.4 Å². The molecule has 3 heterocycles. The largest absolute Gasteiger partial charge is 0.456 e. The quantitative estimate of drug-likeness (QED) is 0.179. The Hall–Kier alpha value is -8.15. The molecule has 0 radical (unpaired) electrons. The number of fused-ring (bicyclic) bond motifs is 11. The van der Waals surface area contributed by atoms with Crippen molar-refractivity contribution in [3.8, 4) is 39.9 Å². The topological polar surface area (TPSA) is 56.7 Å². The molecule has 13 rings (SSSR count). The van der Waals surface area contributed by atoms with Crippen molar-refractivity contribution in [2.24, 2.45) is 0 Å². The van der Waals surface area contributed by atoms with Crippen LogP contribution in [0.5, 0.6) is 0 Å². The number of nitrogens with zero attached hydrogens (tertiary/aromatic N) is 4. The van der Waals surface area contributed by atoms with E-state index in [1.165, 1.54) is 43.4 Å². The Bertz CT molecular complexity index is 3800. The molecule has 0 spiro atoms. The van der Waals surface area contributed by atoms with Crippen LogP contribution in [-0.4, -0.2) is 19.5 Å². The van der Waals surface area contributed by atoms with E-state index in [0.29, 0.717) is 17.5 Å². The van der Waals surface area contributed by atoms with Crippen LogP contribution in [0.1, 0.15) is 0 Å². The normalized spacial score (nSPS) is 12.0. The highest BCUT2D eigenvalue weighted by molar-refractivity contribution is 6.24. The van der Waals surface area contributed by atoms with Gasteiger partial charge in [0.15, 0.2) is 17.5 Å². The zero-order valence-corrected chi connectivity index (χ0v) is 32.2. The average Bonchev–Trinajstić information content (AvgIpc) is 3.85. The van der Waals surface area contributed by atoms with Crippen molar-refractivity contribution in [2.45, 2.75) is 0 Å². The summed E-state index contributed by atoms with van der Waals surface area (Å²) in [5.74, 6) is 1.83. The summed E-state index contributed by atoms with van der Waals surface area (Å²) in [5.41, 5.74) is 7.81. The van der Waals surface area contributed by atoms with E-state index in [2.05, 4.69) is 168 Å². The van der Waals surface area contributed by atoms with Gasteiger partial charge in [0, 0.05) is 43.6 Å². The van der Waals surface area contributed by atoms with Crippen LogP contribution in [0.4, 0.5) is 0 Å². The first-order valence-electron chi connectivity index (χ1n) is 20.3. The number of hydrogen-bond donors (Lipinski definition) is 0. The smallest absolute Gasteiger partial charge is 0.164 e. The van der Waals surface area contributed by atoms with Gasteiger partial charge >= 0.3 is 0 Å². The van der Waals surface area contributed by atoms with E-state index in [1.807, 2.05) is 30.3 Å². The minimum atomic E-state index is 0.592. The maximum absolute atomic E-state index is 6.70. The third-order valence-electron chi connectivity index (χ3n) is 12.2. The van der Waals surface area contributed by atoms with Crippen molar-refractivity contribution in [3.63, 3.8) is 0 Å². The number of rotatable bonds is 4. The Balaban J connectivity index is 1.10. The monoisotopic (exact) mass is 764 g/mol. The molecular weight excluding hydrogens is 733 g/mol. The lowest BCUT2D eigenvalue weighted by Gasteiger charge is -2.13.